The first-order valence-electron chi connectivity index (χ1n) is 14.1. The lowest BCUT2D eigenvalue weighted by Crippen LogP contribution is -2.53. The third-order valence-electron chi connectivity index (χ3n) is 7.63. The molecule has 41 heavy (non-hydrogen) atoms. The number of nitrogens with zero attached hydrogens (tertiary/aromatic N) is 2. The summed E-state index contributed by atoms with van der Waals surface area (Å²) >= 11 is 6.23. The van der Waals surface area contributed by atoms with Crippen LogP contribution in [0.2, 0.25) is 5.02 Å². The molecule has 1 aliphatic rings. The predicted molar refractivity (Wildman–Crippen MR) is 163 cm³/mol. The van der Waals surface area contributed by atoms with Crippen LogP contribution in [-0.4, -0.2) is 43.8 Å². The van der Waals surface area contributed by atoms with E-state index in [2.05, 4.69) is 5.32 Å². The summed E-state index contributed by atoms with van der Waals surface area (Å²) in [5.74, 6) is -0.744. The zero-order valence-corrected chi connectivity index (χ0v) is 25.4. The Bertz CT molecular complexity index is 1470. The second kappa shape index (κ2) is 13.5. The molecule has 1 unspecified atom stereocenters. The summed E-state index contributed by atoms with van der Waals surface area (Å²) in [6.07, 6.45) is 5.11. The molecular weight excluding hydrogens is 558 g/mol. The quantitative estimate of drug-likeness (QED) is 0.311. The van der Waals surface area contributed by atoms with Crippen molar-refractivity contribution >= 4 is 39.1 Å². The average Bonchev–Trinajstić information content (AvgIpc) is 2.95. The van der Waals surface area contributed by atoms with E-state index in [1.54, 1.807) is 74.5 Å². The van der Waals surface area contributed by atoms with E-state index in [4.69, 9.17) is 11.6 Å². The fraction of sp³-hybridized carbons (Fsp3) is 0.375. The molecular formula is C32H38ClN3O4S. The Balaban J connectivity index is 1.68. The summed E-state index contributed by atoms with van der Waals surface area (Å²) in [6.45, 7) is 5.01. The number of carbonyl (C=O) groups is 2. The molecule has 0 aliphatic heterocycles. The average molecular weight is 596 g/mol. The van der Waals surface area contributed by atoms with Crippen molar-refractivity contribution in [2.45, 2.75) is 76.4 Å². The smallest absolute Gasteiger partial charge is 0.264 e. The van der Waals surface area contributed by atoms with Gasteiger partial charge in [0.15, 0.2) is 0 Å². The van der Waals surface area contributed by atoms with E-state index >= 15 is 0 Å². The number of sulfonamides is 1. The number of rotatable bonds is 10. The lowest BCUT2D eigenvalue weighted by molar-refractivity contribution is -0.139. The molecule has 9 heteroatoms. The predicted octanol–water partition coefficient (Wildman–Crippen LogP) is 6.02. The number of anilines is 1. The summed E-state index contributed by atoms with van der Waals surface area (Å²) in [7, 11) is -4.11. The molecule has 3 aromatic rings. The molecule has 0 aromatic heterocycles. The number of carbonyl (C=O) groups excluding carboxylic acids is 2. The molecule has 1 fully saturated rings. The first-order valence-corrected chi connectivity index (χ1v) is 15.9. The minimum Gasteiger partial charge on any atom is -0.352 e. The molecule has 0 radical (unpaired) electrons. The van der Waals surface area contributed by atoms with Crippen LogP contribution in [0, 0.1) is 13.8 Å². The van der Waals surface area contributed by atoms with Crippen LogP contribution in [0.15, 0.2) is 77.7 Å². The minimum absolute atomic E-state index is 0.0761. The van der Waals surface area contributed by atoms with Crippen LogP contribution in [0.3, 0.4) is 0 Å². The summed E-state index contributed by atoms with van der Waals surface area (Å²) in [4.78, 5) is 29.0. The van der Waals surface area contributed by atoms with Crippen LogP contribution in [0.5, 0.6) is 0 Å². The van der Waals surface area contributed by atoms with Crippen molar-refractivity contribution in [3.63, 3.8) is 0 Å². The van der Waals surface area contributed by atoms with E-state index < -0.39 is 28.5 Å². The van der Waals surface area contributed by atoms with E-state index in [1.807, 2.05) is 19.1 Å². The number of aryl methyl sites for hydroxylation is 2. The van der Waals surface area contributed by atoms with Crippen molar-refractivity contribution in [2.24, 2.45) is 0 Å². The minimum atomic E-state index is -4.11. The second-order valence-electron chi connectivity index (χ2n) is 10.8. The normalized spacial score (nSPS) is 14.7. The highest BCUT2D eigenvalue weighted by molar-refractivity contribution is 7.92. The molecule has 1 saturated carbocycles. The zero-order valence-electron chi connectivity index (χ0n) is 23.8. The molecule has 218 valence electrons. The van der Waals surface area contributed by atoms with Gasteiger partial charge in [0.05, 0.1) is 10.6 Å². The molecule has 4 rings (SSSR count). The Hall–Kier alpha value is -3.36. The lowest BCUT2D eigenvalue weighted by atomic mass is 9.95. The number of nitrogens with one attached hydrogen (secondary N) is 1. The van der Waals surface area contributed by atoms with Gasteiger partial charge in [-0.25, -0.2) is 8.42 Å². The molecule has 1 N–H and O–H groups in total. The van der Waals surface area contributed by atoms with Crippen LogP contribution in [0.1, 0.15) is 55.7 Å². The monoisotopic (exact) mass is 595 g/mol. The summed E-state index contributed by atoms with van der Waals surface area (Å²) < 4.78 is 29.1. The van der Waals surface area contributed by atoms with E-state index in [-0.39, 0.29) is 23.4 Å². The lowest BCUT2D eigenvalue weighted by Gasteiger charge is -2.33. The molecule has 1 aliphatic carbocycles. The van der Waals surface area contributed by atoms with Gasteiger partial charge < -0.3 is 10.2 Å². The van der Waals surface area contributed by atoms with Crippen molar-refractivity contribution in [3.8, 4) is 0 Å². The maximum Gasteiger partial charge on any atom is 0.264 e. The SMILES string of the molecule is Cc1ccc(S(=O)(=O)N(CC(=O)N(Cc2cccc(Cl)c2)C(C)C(=O)NC2CCCCC2)c2ccccc2C)cc1. The number of benzene rings is 3. The maximum absolute atomic E-state index is 14.1. The largest absolute Gasteiger partial charge is 0.352 e. The Morgan fingerprint density at radius 2 is 1.63 bits per heavy atom. The van der Waals surface area contributed by atoms with E-state index in [0.29, 0.717) is 16.3 Å². The Morgan fingerprint density at radius 1 is 0.951 bits per heavy atom. The third-order valence-corrected chi connectivity index (χ3v) is 9.64. The topological polar surface area (TPSA) is 86.8 Å². The molecule has 0 heterocycles. The van der Waals surface area contributed by atoms with Gasteiger partial charge in [0.2, 0.25) is 11.8 Å². The van der Waals surface area contributed by atoms with Gasteiger partial charge in [-0.15, -0.1) is 0 Å². The van der Waals surface area contributed by atoms with Gasteiger partial charge in [-0.1, -0.05) is 78.9 Å². The molecule has 0 bridgehead atoms. The van der Waals surface area contributed by atoms with Crippen LogP contribution in [0.25, 0.3) is 0 Å². The van der Waals surface area contributed by atoms with E-state index in [1.165, 1.54) is 4.90 Å². The molecule has 0 saturated heterocycles. The first-order chi connectivity index (χ1) is 19.6. The van der Waals surface area contributed by atoms with Crippen LogP contribution >= 0.6 is 11.6 Å². The van der Waals surface area contributed by atoms with Crippen LogP contribution in [0.4, 0.5) is 5.69 Å². The Labute approximate surface area is 248 Å². The van der Waals surface area contributed by atoms with Crippen molar-refractivity contribution in [1.29, 1.82) is 0 Å². The Morgan fingerprint density at radius 3 is 2.29 bits per heavy atom. The summed E-state index contributed by atoms with van der Waals surface area (Å²) in [5, 5.41) is 3.63. The highest BCUT2D eigenvalue weighted by Gasteiger charge is 2.33. The van der Waals surface area contributed by atoms with Gasteiger partial charge in [0.25, 0.3) is 10.0 Å². The van der Waals surface area contributed by atoms with E-state index in [9.17, 15) is 18.0 Å². The number of hydrogen-bond donors (Lipinski definition) is 1. The second-order valence-corrected chi connectivity index (χ2v) is 13.1. The summed E-state index contributed by atoms with van der Waals surface area (Å²) in [5.41, 5.74) is 2.78. The van der Waals surface area contributed by atoms with Crippen LogP contribution in [-0.2, 0) is 26.2 Å². The fourth-order valence-electron chi connectivity index (χ4n) is 5.18. The zero-order chi connectivity index (χ0) is 29.6. The van der Waals surface area contributed by atoms with Gasteiger partial charge in [-0.3, -0.25) is 13.9 Å². The van der Waals surface area contributed by atoms with Crippen molar-refractivity contribution in [2.75, 3.05) is 10.8 Å². The number of halogens is 1. The Kier molecular flexibility index (Phi) is 10.1. The number of para-hydroxylation sites is 1. The molecule has 1 atom stereocenters. The van der Waals surface area contributed by atoms with Gasteiger partial charge in [-0.05, 0) is 75.1 Å². The van der Waals surface area contributed by atoms with Gasteiger partial charge >= 0.3 is 0 Å². The van der Waals surface area contributed by atoms with E-state index in [0.717, 1.165) is 47.5 Å². The van der Waals surface area contributed by atoms with Crippen molar-refractivity contribution < 1.29 is 18.0 Å². The van der Waals surface area contributed by atoms with Crippen LogP contribution < -0.4 is 9.62 Å². The highest BCUT2D eigenvalue weighted by Crippen LogP contribution is 2.28. The highest BCUT2D eigenvalue weighted by atomic mass is 35.5. The molecule has 2 amide bonds. The fourth-order valence-corrected chi connectivity index (χ4v) is 6.87. The summed E-state index contributed by atoms with van der Waals surface area (Å²) in [6, 6.07) is 20.0. The maximum atomic E-state index is 14.1. The number of hydrogen-bond acceptors (Lipinski definition) is 4. The van der Waals surface area contributed by atoms with Crippen molar-refractivity contribution in [3.05, 3.63) is 94.5 Å². The number of amides is 2. The first kappa shape index (κ1) is 30.6. The third kappa shape index (κ3) is 7.68. The molecule has 7 nitrogen and oxygen atoms in total. The van der Waals surface area contributed by atoms with Gasteiger partial charge in [0, 0.05) is 17.6 Å². The molecule has 0 spiro atoms. The van der Waals surface area contributed by atoms with Gasteiger partial charge in [-0.2, -0.15) is 0 Å². The van der Waals surface area contributed by atoms with Gasteiger partial charge in [0.1, 0.15) is 12.6 Å². The van der Waals surface area contributed by atoms with Crippen molar-refractivity contribution in [1.82, 2.24) is 10.2 Å². The standard InChI is InChI=1S/C32H38ClN3O4S/c1-23-16-18-29(19-17-23)41(39,40)36(30-15-8-7-10-24(30)2)22-31(37)35(21-26-11-9-12-27(33)20-26)25(3)32(38)34-28-13-5-4-6-14-28/h7-12,15-20,25,28H,4-6,13-14,21-22H2,1-3H3,(H,34,38). The molecule has 3 aromatic carbocycles.